The Hall–Kier alpha value is -2.83. The van der Waals surface area contributed by atoms with Crippen LogP contribution in [-0.4, -0.2) is 18.7 Å². The van der Waals surface area contributed by atoms with Crippen LogP contribution < -0.4 is 14.9 Å². The molecular formula is C24H22BrClN2O3. The van der Waals surface area contributed by atoms with Crippen molar-refractivity contribution >= 4 is 39.7 Å². The van der Waals surface area contributed by atoms with Crippen molar-refractivity contribution in [1.82, 2.24) is 5.43 Å². The molecule has 160 valence electrons. The number of amides is 1. The number of carbonyl (C=O) groups excluding carboxylic acids is 1. The molecule has 0 heterocycles. The molecule has 0 atom stereocenters. The maximum absolute atomic E-state index is 12.7. The SMILES string of the molecule is CCCOc1ccc(Br)cc1/C=N/NC(=O)c1ccccc1OCc1ccc(Cl)cc1. The number of hydrogen-bond acceptors (Lipinski definition) is 4. The molecule has 0 unspecified atom stereocenters. The largest absolute Gasteiger partial charge is 0.493 e. The summed E-state index contributed by atoms with van der Waals surface area (Å²) in [5, 5.41) is 4.76. The van der Waals surface area contributed by atoms with Gasteiger partial charge in [-0.25, -0.2) is 5.43 Å². The van der Waals surface area contributed by atoms with Crippen LogP contribution in [0.1, 0.15) is 34.8 Å². The van der Waals surface area contributed by atoms with Gasteiger partial charge in [-0.3, -0.25) is 4.79 Å². The molecule has 0 aliphatic heterocycles. The highest BCUT2D eigenvalue weighted by atomic mass is 79.9. The van der Waals surface area contributed by atoms with Gasteiger partial charge in [-0.2, -0.15) is 5.10 Å². The number of nitrogens with zero attached hydrogens (tertiary/aromatic N) is 1. The van der Waals surface area contributed by atoms with E-state index in [0.717, 1.165) is 22.0 Å². The van der Waals surface area contributed by atoms with Crippen molar-refractivity contribution in [2.24, 2.45) is 5.10 Å². The monoisotopic (exact) mass is 500 g/mol. The summed E-state index contributed by atoms with van der Waals surface area (Å²) in [7, 11) is 0. The van der Waals surface area contributed by atoms with E-state index in [2.05, 4.69) is 26.5 Å². The minimum atomic E-state index is -0.367. The first-order valence-corrected chi connectivity index (χ1v) is 11.0. The summed E-state index contributed by atoms with van der Waals surface area (Å²) in [5.74, 6) is 0.809. The van der Waals surface area contributed by atoms with E-state index in [9.17, 15) is 4.79 Å². The molecule has 0 radical (unpaired) electrons. The van der Waals surface area contributed by atoms with E-state index in [1.165, 1.54) is 0 Å². The molecule has 0 saturated carbocycles. The maximum atomic E-state index is 12.7. The van der Waals surface area contributed by atoms with Crippen LogP contribution in [-0.2, 0) is 6.61 Å². The minimum absolute atomic E-state index is 0.320. The number of hydrogen-bond donors (Lipinski definition) is 1. The zero-order chi connectivity index (χ0) is 22.1. The Labute approximate surface area is 195 Å². The highest BCUT2D eigenvalue weighted by Crippen LogP contribution is 2.22. The topological polar surface area (TPSA) is 59.9 Å². The zero-order valence-electron chi connectivity index (χ0n) is 17.0. The van der Waals surface area contributed by atoms with Crippen molar-refractivity contribution < 1.29 is 14.3 Å². The maximum Gasteiger partial charge on any atom is 0.275 e. The summed E-state index contributed by atoms with van der Waals surface area (Å²) >= 11 is 9.36. The van der Waals surface area contributed by atoms with Crippen LogP contribution in [0.4, 0.5) is 0 Å². The van der Waals surface area contributed by atoms with Crippen LogP contribution in [0.25, 0.3) is 0 Å². The molecule has 0 fully saturated rings. The van der Waals surface area contributed by atoms with E-state index >= 15 is 0 Å². The lowest BCUT2D eigenvalue weighted by molar-refractivity contribution is 0.0950. The Morgan fingerprint density at radius 1 is 1.06 bits per heavy atom. The first-order chi connectivity index (χ1) is 15.1. The number of nitrogens with one attached hydrogen (secondary N) is 1. The smallest absolute Gasteiger partial charge is 0.275 e. The number of para-hydroxylation sites is 1. The quantitative estimate of drug-likeness (QED) is 0.279. The van der Waals surface area contributed by atoms with Crippen LogP contribution in [0.15, 0.2) is 76.3 Å². The molecule has 0 saturated heterocycles. The Morgan fingerprint density at radius 2 is 1.84 bits per heavy atom. The Balaban J connectivity index is 1.67. The lowest BCUT2D eigenvalue weighted by Crippen LogP contribution is -2.18. The molecule has 31 heavy (non-hydrogen) atoms. The van der Waals surface area contributed by atoms with Gasteiger partial charge in [0.05, 0.1) is 18.4 Å². The van der Waals surface area contributed by atoms with Crippen LogP contribution in [0, 0.1) is 0 Å². The fourth-order valence-corrected chi connectivity index (χ4v) is 3.21. The first-order valence-electron chi connectivity index (χ1n) is 9.79. The van der Waals surface area contributed by atoms with E-state index in [0.29, 0.717) is 35.3 Å². The Kier molecular flexibility index (Phi) is 8.50. The van der Waals surface area contributed by atoms with Gasteiger partial charge < -0.3 is 9.47 Å². The van der Waals surface area contributed by atoms with E-state index in [4.69, 9.17) is 21.1 Å². The average Bonchev–Trinajstić information content (AvgIpc) is 2.78. The van der Waals surface area contributed by atoms with Gasteiger partial charge in [-0.1, -0.05) is 58.7 Å². The summed E-state index contributed by atoms with van der Waals surface area (Å²) < 4.78 is 12.5. The Bertz CT molecular complexity index is 1050. The lowest BCUT2D eigenvalue weighted by Gasteiger charge is -2.11. The lowest BCUT2D eigenvalue weighted by atomic mass is 10.2. The number of hydrazone groups is 1. The highest BCUT2D eigenvalue weighted by molar-refractivity contribution is 9.10. The average molecular weight is 502 g/mol. The summed E-state index contributed by atoms with van der Waals surface area (Å²) in [5.41, 5.74) is 4.66. The molecule has 5 nitrogen and oxygen atoms in total. The standard InChI is InChI=1S/C24H22BrClN2O3/c1-2-13-30-22-12-9-19(25)14-18(22)15-27-28-24(29)21-5-3-4-6-23(21)31-16-17-7-10-20(26)11-8-17/h3-12,14-15H,2,13,16H2,1H3,(H,28,29)/b27-15+. The van der Waals surface area contributed by atoms with Gasteiger partial charge in [0.2, 0.25) is 0 Å². The van der Waals surface area contributed by atoms with E-state index in [1.54, 1.807) is 36.5 Å². The third kappa shape index (κ3) is 6.84. The normalized spacial score (nSPS) is 10.8. The summed E-state index contributed by atoms with van der Waals surface area (Å²) in [6.07, 6.45) is 2.46. The summed E-state index contributed by atoms with van der Waals surface area (Å²) in [6, 6.07) is 20.0. The van der Waals surface area contributed by atoms with E-state index in [1.807, 2.05) is 43.3 Å². The summed E-state index contributed by atoms with van der Waals surface area (Å²) in [4.78, 5) is 12.7. The van der Waals surface area contributed by atoms with E-state index < -0.39 is 0 Å². The van der Waals surface area contributed by atoms with Crippen LogP contribution >= 0.6 is 27.5 Å². The third-order valence-corrected chi connectivity index (χ3v) is 4.99. The second kappa shape index (κ2) is 11.5. The number of rotatable bonds is 9. The van der Waals surface area contributed by atoms with Gasteiger partial charge in [-0.05, 0) is 54.4 Å². The second-order valence-electron chi connectivity index (χ2n) is 6.64. The van der Waals surface area contributed by atoms with Crippen molar-refractivity contribution in [2.45, 2.75) is 20.0 Å². The molecular weight excluding hydrogens is 480 g/mol. The molecule has 0 aliphatic carbocycles. The van der Waals surface area contributed by atoms with Crippen molar-refractivity contribution in [2.75, 3.05) is 6.61 Å². The van der Waals surface area contributed by atoms with Crippen molar-refractivity contribution in [3.8, 4) is 11.5 Å². The fraction of sp³-hybridized carbons (Fsp3) is 0.167. The Morgan fingerprint density at radius 3 is 2.61 bits per heavy atom. The van der Waals surface area contributed by atoms with Crippen molar-refractivity contribution in [3.05, 3.63) is 92.9 Å². The van der Waals surface area contributed by atoms with Crippen molar-refractivity contribution in [1.29, 1.82) is 0 Å². The predicted octanol–water partition coefficient (Wildman–Crippen LogP) is 6.23. The van der Waals surface area contributed by atoms with Gasteiger partial charge >= 0.3 is 0 Å². The molecule has 1 N–H and O–H groups in total. The molecule has 0 spiro atoms. The predicted molar refractivity (Wildman–Crippen MR) is 127 cm³/mol. The number of ether oxygens (including phenoxy) is 2. The number of halogens is 2. The highest BCUT2D eigenvalue weighted by Gasteiger charge is 2.12. The zero-order valence-corrected chi connectivity index (χ0v) is 19.3. The van der Waals surface area contributed by atoms with Gasteiger partial charge in [0, 0.05) is 15.1 Å². The van der Waals surface area contributed by atoms with Crippen LogP contribution in [0.5, 0.6) is 11.5 Å². The number of benzene rings is 3. The fourth-order valence-electron chi connectivity index (χ4n) is 2.71. The molecule has 0 aromatic heterocycles. The van der Waals surface area contributed by atoms with Crippen molar-refractivity contribution in [3.63, 3.8) is 0 Å². The van der Waals surface area contributed by atoms with E-state index in [-0.39, 0.29) is 5.91 Å². The molecule has 0 aliphatic rings. The molecule has 3 aromatic rings. The molecule has 3 rings (SSSR count). The second-order valence-corrected chi connectivity index (χ2v) is 7.99. The van der Waals surface area contributed by atoms with Crippen LogP contribution in [0.3, 0.4) is 0 Å². The molecule has 3 aromatic carbocycles. The summed E-state index contributed by atoms with van der Waals surface area (Å²) in [6.45, 7) is 2.97. The van der Waals surface area contributed by atoms with Gasteiger partial charge in [-0.15, -0.1) is 0 Å². The molecule has 7 heteroatoms. The first kappa shape index (κ1) is 22.8. The van der Waals surface area contributed by atoms with Crippen LogP contribution in [0.2, 0.25) is 5.02 Å². The molecule has 0 bridgehead atoms. The van der Waals surface area contributed by atoms with Gasteiger partial charge in [0.15, 0.2) is 0 Å². The van der Waals surface area contributed by atoms with Gasteiger partial charge in [0.1, 0.15) is 18.1 Å². The van der Waals surface area contributed by atoms with Gasteiger partial charge in [0.25, 0.3) is 5.91 Å². The molecule has 1 amide bonds. The number of carbonyl (C=O) groups is 1. The third-order valence-electron chi connectivity index (χ3n) is 4.24. The minimum Gasteiger partial charge on any atom is -0.493 e.